The van der Waals surface area contributed by atoms with E-state index in [9.17, 15) is 4.79 Å². The molecule has 0 aromatic rings. The molecule has 0 spiro atoms. The minimum atomic E-state index is -0.756. The van der Waals surface area contributed by atoms with Gasteiger partial charge in [-0.3, -0.25) is 4.79 Å². The Labute approximate surface area is 97.2 Å². The molecule has 1 amide bonds. The predicted molar refractivity (Wildman–Crippen MR) is 66.7 cm³/mol. The lowest BCUT2D eigenvalue weighted by atomic mass is 9.92. The lowest BCUT2D eigenvalue weighted by Gasteiger charge is -2.22. The van der Waals surface area contributed by atoms with Crippen LogP contribution in [-0.4, -0.2) is 43.0 Å². The molecule has 0 aromatic carbocycles. The standard InChI is InChI=1S/C10H21N3OS/c1-10(2,8(11)15)9(14)12-6-5-7-13(3)4/h5-7H2,1-4H3,(H2,11,15)(H,12,14). The van der Waals surface area contributed by atoms with E-state index in [2.05, 4.69) is 10.2 Å². The molecule has 4 nitrogen and oxygen atoms in total. The van der Waals surface area contributed by atoms with E-state index in [1.165, 1.54) is 0 Å². The van der Waals surface area contributed by atoms with E-state index in [4.69, 9.17) is 18.0 Å². The normalized spacial score (nSPS) is 11.5. The summed E-state index contributed by atoms with van der Waals surface area (Å²) in [7, 11) is 4.00. The highest BCUT2D eigenvalue weighted by atomic mass is 32.1. The molecule has 0 atom stereocenters. The number of carbonyl (C=O) groups excluding carboxylic acids is 1. The average Bonchev–Trinajstić information content (AvgIpc) is 2.11. The van der Waals surface area contributed by atoms with Crippen LogP contribution in [0.4, 0.5) is 0 Å². The third-order valence-corrected chi connectivity index (χ3v) is 2.76. The highest BCUT2D eigenvalue weighted by Gasteiger charge is 2.30. The first-order valence-corrected chi connectivity index (χ1v) is 5.42. The van der Waals surface area contributed by atoms with E-state index in [-0.39, 0.29) is 10.9 Å². The van der Waals surface area contributed by atoms with Crippen LogP contribution in [0.25, 0.3) is 0 Å². The van der Waals surface area contributed by atoms with Crippen LogP contribution in [0.2, 0.25) is 0 Å². The summed E-state index contributed by atoms with van der Waals surface area (Å²) in [6.45, 7) is 5.07. The monoisotopic (exact) mass is 231 g/mol. The number of hydrogen-bond acceptors (Lipinski definition) is 3. The minimum absolute atomic E-state index is 0.103. The zero-order chi connectivity index (χ0) is 12.1. The van der Waals surface area contributed by atoms with Crippen molar-refractivity contribution in [2.75, 3.05) is 27.2 Å². The van der Waals surface area contributed by atoms with Crippen LogP contribution in [0.15, 0.2) is 0 Å². The summed E-state index contributed by atoms with van der Waals surface area (Å²) in [5.41, 5.74) is 4.73. The Balaban J connectivity index is 3.89. The van der Waals surface area contributed by atoms with Crippen LogP contribution >= 0.6 is 12.2 Å². The molecule has 0 fully saturated rings. The number of nitrogens with one attached hydrogen (secondary N) is 1. The van der Waals surface area contributed by atoms with E-state index >= 15 is 0 Å². The van der Waals surface area contributed by atoms with Crippen molar-refractivity contribution in [2.24, 2.45) is 11.1 Å². The lowest BCUT2D eigenvalue weighted by Crippen LogP contribution is -2.45. The van der Waals surface area contributed by atoms with Gasteiger partial charge in [0, 0.05) is 6.54 Å². The highest BCUT2D eigenvalue weighted by molar-refractivity contribution is 7.80. The second-order valence-electron chi connectivity index (χ2n) is 4.40. The number of hydrogen-bond donors (Lipinski definition) is 2. The van der Waals surface area contributed by atoms with Gasteiger partial charge in [0.2, 0.25) is 5.91 Å². The molecule has 3 N–H and O–H groups in total. The quantitative estimate of drug-likeness (QED) is 0.512. The number of rotatable bonds is 6. The Bertz CT molecular complexity index is 239. The van der Waals surface area contributed by atoms with Gasteiger partial charge in [-0.15, -0.1) is 0 Å². The lowest BCUT2D eigenvalue weighted by molar-refractivity contribution is -0.126. The van der Waals surface area contributed by atoms with Crippen LogP contribution in [0.1, 0.15) is 20.3 Å². The molecule has 0 aromatic heterocycles. The number of nitrogens with two attached hydrogens (primary N) is 1. The first-order valence-electron chi connectivity index (χ1n) is 5.01. The highest BCUT2D eigenvalue weighted by Crippen LogP contribution is 2.14. The molecule has 0 bridgehead atoms. The van der Waals surface area contributed by atoms with Crippen LogP contribution in [0.5, 0.6) is 0 Å². The zero-order valence-corrected chi connectivity index (χ0v) is 10.8. The van der Waals surface area contributed by atoms with Gasteiger partial charge in [0.05, 0.1) is 10.4 Å². The summed E-state index contributed by atoms with van der Waals surface area (Å²) in [5, 5.41) is 2.83. The van der Waals surface area contributed by atoms with E-state index < -0.39 is 5.41 Å². The van der Waals surface area contributed by atoms with Gasteiger partial charge in [-0.25, -0.2) is 0 Å². The maximum absolute atomic E-state index is 11.7. The minimum Gasteiger partial charge on any atom is -0.392 e. The van der Waals surface area contributed by atoms with Crippen molar-refractivity contribution >= 4 is 23.1 Å². The van der Waals surface area contributed by atoms with Crippen molar-refractivity contribution < 1.29 is 4.79 Å². The summed E-state index contributed by atoms with van der Waals surface area (Å²) in [6, 6.07) is 0. The smallest absolute Gasteiger partial charge is 0.232 e. The number of thiocarbonyl (C=S) groups is 1. The average molecular weight is 231 g/mol. The molecule has 0 heterocycles. The Morgan fingerprint density at radius 3 is 2.40 bits per heavy atom. The molecule has 0 aliphatic carbocycles. The second kappa shape index (κ2) is 6.02. The van der Waals surface area contributed by atoms with Gasteiger partial charge in [0.1, 0.15) is 0 Å². The molecule has 0 saturated carbocycles. The molecule has 0 saturated heterocycles. The zero-order valence-electron chi connectivity index (χ0n) is 9.96. The first-order chi connectivity index (χ1) is 6.78. The molecular weight excluding hydrogens is 210 g/mol. The van der Waals surface area contributed by atoms with Crippen LogP contribution in [-0.2, 0) is 4.79 Å². The van der Waals surface area contributed by atoms with Crippen LogP contribution in [0.3, 0.4) is 0 Å². The van der Waals surface area contributed by atoms with Crippen molar-refractivity contribution in [3.8, 4) is 0 Å². The summed E-state index contributed by atoms with van der Waals surface area (Å²) >= 11 is 4.84. The Morgan fingerprint density at radius 1 is 1.47 bits per heavy atom. The van der Waals surface area contributed by atoms with Crippen LogP contribution in [0, 0.1) is 5.41 Å². The maximum Gasteiger partial charge on any atom is 0.232 e. The van der Waals surface area contributed by atoms with Crippen molar-refractivity contribution in [3.63, 3.8) is 0 Å². The number of amides is 1. The van der Waals surface area contributed by atoms with Gasteiger partial charge in [0.25, 0.3) is 0 Å². The Kier molecular flexibility index (Phi) is 5.75. The van der Waals surface area contributed by atoms with Crippen molar-refractivity contribution in [1.29, 1.82) is 0 Å². The van der Waals surface area contributed by atoms with Gasteiger partial charge in [-0.2, -0.15) is 0 Å². The molecule has 0 rings (SSSR count). The van der Waals surface area contributed by atoms with Crippen molar-refractivity contribution in [1.82, 2.24) is 10.2 Å². The molecule has 15 heavy (non-hydrogen) atoms. The fraction of sp³-hybridized carbons (Fsp3) is 0.800. The van der Waals surface area contributed by atoms with E-state index in [1.807, 2.05) is 14.1 Å². The summed E-state index contributed by atoms with van der Waals surface area (Å²) in [4.78, 5) is 14.0. The van der Waals surface area contributed by atoms with E-state index in [0.29, 0.717) is 6.54 Å². The Hall–Kier alpha value is -0.680. The topological polar surface area (TPSA) is 58.4 Å². The molecular formula is C10H21N3OS. The molecule has 0 radical (unpaired) electrons. The molecule has 0 aliphatic heterocycles. The third kappa shape index (κ3) is 5.09. The van der Waals surface area contributed by atoms with Gasteiger partial charge in [0.15, 0.2) is 0 Å². The number of nitrogens with zero attached hydrogens (tertiary/aromatic N) is 1. The maximum atomic E-state index is 11.7. The fourth-order valence-electron chi connectivity index (χ4n) is 0.930. The predicted octanol–water partition coefficient (Wildman–Crippen LogP) is 0.367. The summed E-state index contributed by atoms with van der Waals surface area (Å²) in [6.07, 6.45) is 0.923. The molecule has 5 heteroatoms. The summed E-state index contributed by atoms with van der Waals surface area (Å²) < 4.78 is 0. The largest absolute Gasteiger partial charge is 0.392 e. The van der Waals surface area contributed by atoms with Crippen molar-refractivity contribution in [3.05, 3.63) is 0 Å². The van der Waals surface area contributed by atoms with Crippen LogP contribution < -0.4 is 11.1 Å². The van der Waals surface area contributed by atoms with Crippen molar-refractivity contribution in [2.45, 2.75) is 20.3 Å². The fourth-order valence-corrected chi connectivity index (χ4v) is 1.02. The van der Waals surface area contributed by atoms with E-state index in [1.54, 1.807) is 13.8 Å². The number of carbonyl (C=O) groups is 1. The first kappa shape index (κ1) is 14.3. The van der Waals surface area contributed by atoms with E-state index in [0.717, 1.165) is 13.0 Å². The molecule has 88 valence electrons. The Morgan fingerprint density at radius 2 is 2.00 bits per heavy atom. The molecule has 0 aliphatic rings. The van der Waals surface area contributed by atoms with Gasteiger partial charge >= 0.3 is 0 Å². The van der Waals surface area contributed by atoms with Gasteiger partial charge < -0.3 is 16.0 Å². The SMILES string of the molecule is CN(C)CCCNC(=O)C(C)(C)C(N)=S. The molecule has 0 unspecified atom stereocenters. The second-order valence-corrected chi connectivity index (χ2v) is 4.84. The van der Waals surface area contributed by atoms with Gasteiger partial charge in [-0.1, -0.05) is 12.2 Å². The summed E-state index contributed by atoms with van der Waals surface area (Å²) in [5.74, 6) is -0.103. The van der Waals surface area contributed by atoms with Gasteiger partial charge in [-0.05, 0) is 40.9 Å². The third-order valence-electron chi connectivity index (χ3n) is 2.25.